The molecule has 0 aliphatic rings. The van der Waals surface area contributed by atoms with Crippen molar-refractivity contribution in [3.05, 3.63) is 94.8 Å². The largest absolute Gasteiger partial charge is 0.493 e. The molecule has 5 nitrogen and oxygen atoms in total. The molecular weight excluding hydrogens is 434 g/mol. The lowest BCUT2D eigenvalue weighted by atomic mass is 10.2. The number of hydrogen-bond donors (Lipinski definition) is 1. The van der Waals surface area contributed by atoms with E-state index < -0.39 is 0 Å². The number of aromatic nitrogens is 2. The molecule has 0 atom stereocenters. The van der Waals surface area contributed by atoms with Crippen LogP contribution in [-0.2, 0) is 13.0 Å². The number of aryl methyl sites for hydroxylation is 3. The minimum Gasteiger partial charge on any atom is -0.493 e. The zero-order chi connectivity index (χ0) is 23.0. The molecule has 1 N–H and O–H groups in total. The zero-order valence-electron chi connectivity index (χ0n) is 18.8. The van der Waals surface area contributed by atoms with Crippen LogP contribution in [0.15, 0.2) is 72.8 Å². The van der Waals surface area contributed by atoms with E-state index in [0.29, 0.717) is 23.7 Å². The number of benzene rings is 3. The maximum atomic E-state index is 12.3. The first-order valence-electron chi connectivity index (χ1n) is 11.3. The van der Waals surface area contributed by atoms with E-state index in [0.717, 1.165) is 54.0 Å². The van der Waals surface area contributed by atoms with Crippen LogP contribution in [0.3, 0.4) is 0 Å². The van der Waals surface area contributed by atoms with E-state index in [1.165, 1.54) is 0 Å². The number of carbonyl (C=O) groups excluding carboxylic acids is 1. The fourth-order valence-electron chi connectivity index (χ4n) is 3.87. The van der Waals surface area contributed by atoms with Gasteiger partial charge >= 0.3 is 0 Å². The van der Waals surface area contributed by atoms with E-state index in [4.69, 9.17) is 21.3 Å². The summed E-state index contributed by atoms with van der Waals surface area (Å²) in [6.45, 7) is 4.11. The smallest absolute Gasteiger partial charge is 0.251 e. The molecule has 0 radical (unpaired) electrons. The standard InChI is InChI=1S/C27H28ClN3O2/c1-20-9-2-5-14-25(20)33-18-8-17-31-24-13-4-3-12-23(24)30-26(31)15-7-16-29-27(32)21-10-6-11-22(28)19-21/h2-6,9-14,19H,7-8,15-18H2,1H3,(H,29,32). The molecule has 1 heterocycles. The average molecular weight is 462 g/mol. The number of carbonyl (C=O) groups is 1. The van der Waals surface area contributed by atoms with Gasteiger partial charge in [0.2, 0.25) is 0 Å². The number of imidazole rings is 1. The van der Waals surface area contributed by atoms with Gasteiger partial charge in [-0.05, 0) is 61.7 Å². The fourth-order valence-corrected chi connectivity index (χ4v) is 4.06. The number of hydrogen-bond acceptors (Lipinski definition) is 3. The summed E-state index contributed by atoms with van der Waals surface area (Å²) < 4.78 is 8.24. The van der Waals surface area contributed by atoms with Gasteiger partial charge in [-0.1, -0.05) is 48.0 Å². The molecule has 4 rings (SSSR count). The highest BCUT2D eigenvalue weighted by atomic mass is 35.5. The third-order valence-corrected chi connectivity index (χ3v) is 5.80. The van der Waals surface area contributed by atoms with Gasteiger partial charge in [-0.15, -0.1) is 0 Å². The van der Waals surface area contributed by atoms with Crippen LogP contribution >= 0.6 is 11.6 Å². The second-order valence-corrected chi connectivity index (χ2v) is 8.44. The summed E-state index contributed by atoms with van der Waals surface area (Å²) in [5.41, 5.74) is 3.84. The molecule has 0 unspecified atom stereocenters. The topological polar surface area (TPSA) is 56.1 Å². The molecule has 0 bridgehead atoms. The van der Waals surface area contributed by atoms with Crippen molar-refractivity contribution in [1.29, 1.82) is 0 Å². The minimum atomic E-state index is -0.112. The minimum absolute atomic E-state index is 0.112. The Morgan fingerprint density at radius 3 is 2.70 bits per heavy atom. The molecule has 33 heavy (non-hydrogen) atoms. The molecule has 0 spiro atoms. The lowest BCUT2D eigenvalue weighted by Crippen LogP contribution is -2.25. The third kappa shape index (κ3) is 5.93. The van der Waals surface area contributed by atoms with Crippen molar-refractivity contribution in [1.82, 2.24) is 14.9 Å². The zero-order valence-corrected chi connectivity index (χ0v) is 19.5. The van der Waals surface area contributed by atoms with Crippen LogP contribution in [0.25, 0.3) is 11.0 Å². The number of ether oxygens (including phenoxy) is 1. The summed E-state index contributed by atoms with van der Waals surface area (Å²) in [6.07, 6.45) is 2.46. The van der Waals surface area contributed by atoms with Crippen molar-refractivity contribution in [3.8, 4) is 5.75 Å². The first kappa shape index (κ1) is 22.9. The first-order valence-corrected chi connectivity index (χ1v) is 11.7. The second-order valence-electron chi connectivity index (χ2n) is 8.01. The van der Waals surface area contributed by atoms with Gasteiger partial charge in [-0.3, -0.25) is 4.79 Å². The Morgan fingerprint density at radius 1 is 1.03 bits per heavy atom. The number of rotatable bonds is 10. The average Bonchev–Trinajstić information content (AvgIpc) is 3.18. The summed E-state index contributed by atoms with van der Waals surface area (Å²) in [4.78, 5) is 17.2. The molecule has 6 heteroatoms. The van der Waals surface area contributed by atoms with E-state index in [2.05, 4.69) is 28.9 Å². The van der Waals surface area contributed by atoms with E-state index in [9.17, 15) is 4.79 Å². The van der Waals surface area contributed by atoms with Crippen LogP contribution < -0.4 is 10.1 Å². The van der Waals surface area contributed by atoms with E-state index in [1.54, 1.807) is 24.3 Å². The van der Waals surface area contributed by atoms with E-state index >= 15 is 0 Å². The summed E-state index contributed by atoms with van der Waals surface area (Å²) in [5.74, 6) is 1.85. The number of nitrogens with one attached hydrogen (secondary N) is 1. The Hall–Kier alpha value is -3.31. The molecular formula is C27H28ClN3O2. The van der Waals surface area contributed by atoms with E-state index in [1.807, 2.05) is 36.4 Å². The van der Waals surface area contributed by atoms with Crippen LogP contribution in [0.4, 0.5) is 0 Å². The lowest BCUT2D eigenvalue weighted by Gasteiger charge is -2.12. The van der Waals surface area contributed by atoms with Crippen molar-refractivity contribution in [3.63, 3.8) is 0 Å². The number of halogens is 1. The van der Waals surface area contributed by atoms with E-state index in [-0.39, 0.29) is 5.91 Å². The Morgan fingerprint density at radius 2 is 1.85 bits per heavy atom. The summed E-state index contributed by atoms with van der Waals surface area (Å²) in [5, 5.41) is 3.53. The highest BCUT2D eigenvalue weighted by Crippen LogP contribution is 2.19. The number of nitrogens with zero attached hydrogens (tertiary/aromatic N) is 2. The Balaban J connectivity index is 1.33. The lowest BCUT2D eigenvalue weighted by molar-refractivity contribution is 0.0953. The highest BCUT2D eigenvalue weighted by Gasteiger charge is 2.11. The number of amides is 1. The van der Waals surface area contributed by atoms with Crippen LogP contribution in [0.5, 0.6) is 5.75 Å². The molecule has 0 saturated carbocycles. The Kier molecular flexibility index (Phi) is 7.63. The van der Waals surface area contributed by atoms with Gasteiger partial charge < -0.3 is 14.6 Å². The predicted octanol–water partition coefficient (Wildman–Crippen LogP) is 5.83. The molecule has 0 fully saturated rings. The maximum Gasteiger partial charge on any atom is 0.251 e. The maximum absolute atomic E-state index is 12.3. The van der Waals surface area contributed by atoms with Gasteiger partial charge in [0.15, 0.2) is 0 Å². The second kappa shape index (κ2) is 11.0. The number of para-hydroxylation sites is 3. The molecule has 4 aromatic rings. The molecule has 170 valence electrons. The summed E-state index contributed by atoms with van der Waals surface area (Å²) in [7, 11) is 0. The normalized spacial score (nSPS) is 11.0. The quantitative estimate of drug-likeness (QED) is 0.302. The predicted molar refractivity (Wildman–Crippen MR) is 133 cm³/mol. The van der Waals surface area contributed by atoms with Crippen LogP contribution in [0.2, 0.25) is 5.02 Å². The summed E-state index contributed by atoms with van der Waals surface area (Å²) in [6, 6.07) is 23.3. The van der Waals surface area contributed by atoms with Crippen LogP contribution in [0, 0.1) is 6.92 Å². The fraction of sp³-hybridized carbons (Fsp3) is 0.259. The third-order valence-electron chi connectivity index (χ3n) is 5.56. The Labute approximate surface area is 199 Å². The number of fused-ring (bicyclic) bond motifs is 1. The molecule has 0 aliphatic heterocycles. The van der Waals surface area contributed by atoms with Crippen LogP contribution in [-0.4, -0.2) is 28.6 Å². The SMILES string of the molecule is Cc1ccccc1OCCCn1c(CCCNC(=O)c2cccc(Cl)c2)nc2ccccc21. The van der Waals surface area contributed by atoms with Gasteiger partial charge in [-0.25, -0.2) is 4.98 Å². The first-order chi connectivity index (χ1) is 16.1. The van der Waals surface area contributed by atoms with Crippen molar-refractivity contribution in [2.24, 2.45) is 0 Å². The highest BCUT2D eigenvalue weighted by molar-refractivity contribution is 6.30. The van der Waals surface area contributed by atoms with Crippen molar-refractivity contribution < 1.29 is 9.53 Å². The van der Waals surface area contributed by atoms with Crippen molar-refractivity contribution >= 4 is 28.5 Å². The molecule has 1 amide bonds. The van der Waals surface area contributed by atoms with Gasteiger partial charge in [0.25, 0.3) is 5.91 Å². The molecule has 1 aromatic heterocycles. The molecule has 0 saturated heterocycles. The van der Waals surface area contributed by atoms with Crippen molar-refractivity contribution in [2.45, 2.75) is 32.7 Å². The van der Waals surface area contributed by atoms with Crippen molar-refractivity contribution in [2.75, 3.05) is 13.2 Å². The van der Waals surface area contributed by atoms with Gasteiger partial charge in [-0.2, -0.15) is 0 Å². The van der Waals surface area contributed by atoms with Gasteiger partial charge in [0.05, 0.1) is 17.6 Å². The monoisotopic (exact) mass is 461 g/mol. The molecule has 0 aliphatic carbocycles. The van der Waals surface area contributed by atoms with Gasteiger partial charge in [0, 0.05) is 30.1 Å². The molecule has 3 aromatic carbocycles. The Bertz CT molecular complexity index is 1240. The summed E-state index contributed by atoms with van der Waals surface area (Å²) >= 11 is 5.98. The van der Waals surface area contributed by atoms with Crippen LogP contribution in [0.1, 0.15) is 34.6 Å². The van der Waals surface area contributed by atoms with Gasteiger partial charge in [0.1, 0.15) is 11.6 Å².